The zero-order valence-electron chi connectivity index (χ0n) is 11.4. The van der Waals surface area contributed by atoms with Gasteiger partial charge in [-0.15, -0.1) is 0 Å². The minimum atomic E-state index is 0.223. The molecule has 2 N–H and O–H groups in total. The molecule has 1 fully saturated rings. The molecule has 0 radical (unpaired) electrons. The fourth-order valence-electron chi connectivity index (χ4n) is 2.68. The lowest BCUT2D eigenvalue weighted by Crippen LogP contribution is -2.32. The van der Waals surface area contributed by atoms with Gasteiger partial charge in [-0.1, -0.05) is 37.8 Å². The summed E-state index contributed by atoms with van der Waals surface area (Å²) in [4.78, 5) is 12.0. The van der Waals surface area contributed by atoms with Crippen molar-refractivity contribution in [3.05, 3.63) is 29.8 Å². The summed E-state index contributed by atoms with van der Waals surface area (Å²) in [5.41, 5.74) is 1.14. The maximum atomic E-state index is 12.0. The predicted molar refractivity (Wildman–Crippen MR) is 76.0 cm³/mol. The van der Waals surface area contributed by atoms with Crippen LogP contribution < -0.4 is 5.32 Å². The number of hydrogen-bond acceptors (Lipinski definition) is 2. The normalized spacial score (nSPS) is 16.8. The third-order valence-corrected chi connectivity index (χ3v) is 3.88. The molecule has 104 valence electrons. The van der Waals surface area contributed by atoms with Gasteiger partial charge >= 0.3 is 0 Å². The molecule has 1 aliphatic rings. The first-order chi connectivity index (χ1) is 9.25. The van der Waals surface area contributed by atoms with Gasteiger partial charge in [-0.2, -0.15) is 0 Å². The number of hydrogen-bond donors (Lipinski definition) is 2. The Bertz CT molecular complexity index is 392. The van der Waals surface area contributed by atoms with Crippen LogP contribution in [0, 0.1) is 5.92 Å². The monoisotopic (exact) mass is 261 g/mol. The summed E-state index contributed by atoms with van der Waals surface area (Å²) in [5, 5.41) is 12.2. The predicted octanol–water partition coefficient (Wildman–Crippen LogP) is 3.02. The molecule has 1 aromatic rings. The zero-order chi connectivity index (χ0) is 13.5. The van der Waals surface area contributed by atoms with Crippen LogP contribution >= 0.6 is 0 Å². The van der Waals surface area contributed by atoms with Crippen molar-refractivity contribution < 1.29 is 9.90 Å². The fraction of sp³-hybridized carbons (Fsp3) is 0.562. The largest absolute Gasteiger partial charge is 0.508 e. The van der Waals surface area contributed by atoms with Crippen LogP contribution in [0.3, 0.4) is 0 Å². The highest BCUT2D eigenvalue weighted by molar-refractivity contribution is 5.78. The van der Waals surface area contributed by atoms with Crippen LogP contribution in [-0.4, -0.2) is 17.6 Å². The Morgan fingerprint density at radius 2 is 1.74 bits per heavy atom. The number of phenols is 1. The molecule has 0 atom stereocenters. The number of phenolic OH excluding ortho intramolecular Hbond substituents is 1. The highest BCUT2D eigenvalue weighted by Crippen LogP contribution is 2.22. The van der Waals surface area contributed by atoms with E-state index in [1.807, 2.05) is 12.1 Å². The van der Waals surface area contributed by atoms with Crippen molar-refractivity contribution in [1.29, 1.82) is 0 Å². The summed E-state index contributed by atoms with van der Waals surface area (Å²) in [6.07, 6.45) is 7.84. The van der Waals surface area contributed by atoms with E-state index in [2.05, 4.69) is 5.32 Å². The number of amides is 1. The smallest absolute Gasteiger partial charge is 0.223 e. The van der Waals surface area contributed by atoms with Gasteiger partial charge in [-0.3, -0.25) is 4.79 Å². The summed E-state index contributed by atoms with van der Waals surface area (Å²) in [5.74, 6) is 0.731. The van der Waals surface area contributed by atoms with Crippen LogP contribution in [0.1, 0.15) is 44.1 Å². The molecule has 0 bridgehead atoms. The summed E-state index contributed by atoms with van der Waals surface area (Å²) in [6.45, 7) is 0.681. The molecule has 0 saturated heterocycles. The molecule has 2 rings (SSSR count). The van der Waals surface area contributed by atoms with Crippen LogP contribution in [0.25, 0.3) is 0 Å². The number of benzene rings is 1. The zero-order valence-corrected chi connectivity index (χ0v) is 11.4. The molecule has 1 amide bonds. The van der Waals surface area contributed by atoms with Gasteiger partial charge < -0.3 is 10.4 Å². The molecule has 0 aromatic heterocycles. The SMILES string of the molecule is O=C(NCCc1ccc(O)cc1)C1CCCCCC1. The van der Waals surface area contributed by atoms with E-state index in [0.29, 0.717) is 6.54 Å². The van der Waals surface area contributed by atoms with Gasteiger partial charge in [0.2, 0.25) is 5.91 Å². The third-order valence-electron chi connectivity index (χ3n) is 3.88. The summed E-state index contributed by atoms with van der Waals surface area (Å²) >= 11 is 0. The molecule has 1 aromatic carbocycles. The van der Waals surface area contributed by atoms with E-state index in [4.69, 9.17) is 0 Å². The molecule has 3 heteroatoms. The molecular weight excluding hydrogens is 238 g/mol. The Balaban J connectivity index is 1.72. The fourth-order valence-corrected chi connectivity index (χ4v) is 2.68. The first-order valence-electron chi connectivity index (χ1n) is 7.31. The molecule has 0 heterocycles. The molecule has 3 nitrogen and oxygen atoms in total. The molecule has 19 heavy (non-hydrogen) atoms. The number of rotatable bonds is 4. The van der Waals surface area contributed by atoms with E-state index in [9.17, 15) is 9.90 Å². The second-order valence-corrected chi connectivity index (χ2v) is 5.40. The van der Waals surface area contributed by atoms with E-state index < -0.39 is 0 Å². The van der Waals surface area contributed by atoms with Crippen molar-refractivity contribution in [2.75, 3.05) is 6.54 Å². The molecule has 1 saturated carbocycles. The Hall–Kier alpha value is -1.51. The van der Waals surface area contributed by atoms with E-state index in [1.165, 1.54) is 25.7 Å². The Morgan fingerprint density at radius 3 is 2.37 bits per heavy atom. The van der Waals surface area contributed by atoms with Gasteiger partial charge in [0, 0.05) is 12.5 Å². The molecule has 0 unspecified atom stereocenters. The lowest BCUT2D eigenvalue weighted by molar-refractivity contribution is -0.125. The van der Waals surface area contributed by atoms with Crippen LogP contribution in [0.2, 0.25) is 0 Å². The quantitative estimate of drug-likeness (QED) is 0.818. The standard InChI is InChI=1S/C16H23NO2/c18-15-9-7-13(8-10-15)11-12-17-16(19)14-5-3-1-2-4-6-14/h7-10,14,18H,1-6,11-12H2,(H,17,19). The van der Waals surface area contributed by atoms with Gasteiger partial charge in [0.25, 0.3) is 0 Å². The Kier molecular flexibility index (Phi) is 5.25. The maximum absolute atomic E-state index is 12.0. The minimum Gasteiger partial charge on any atom is -0.508 e. The van der Waals surface area contributed by atoms with Crippen molar-refractivity contribution in [2.45, 2.75) is 44.9 Å². The third kappa shape index (κ3) is 4.58. The Morgan fingerprint density at radius 1 is 1.11 bits per heavy atom. The average molecular weight is 261 g/mol. The minimum absolute atomic E-state index is 0.223. The van der Waals surface area contributed by atoms with E-state index in [1.54, 1.807) is 12.1 Å². The van der Waals surface area contributed by atoms with Crippen molar-refractivity contribution in [3.8, 4) is 5.75 Å². The lowest BCUT2D eigenvalue weighted by atomic mass is 9.99. The van der Waals surface area contributed by atoms with Crippen molar-refractivity contribution >= 4 is 5.91 Å². The van der Waals surface area contributed by atoms with Crippen LogP contribution in [-0.2, 0) is 11.2 Å². The molecule has 0 spiro atoms. The maximum Gasteiger partial charge on any atom is 0.223 e. The molecular formula is C16H23NO2. The summed E-state index contributed by atoms with van der Waals surface area (Å²) in [6, 6.07) is 7.16. The van der Waals surface area contributed by atoms with Crippen LogP contribution in [0.15, 0.2) is 24.3 Å². The number of carbonyl (C=O) groups excluding carboxylic acids is 1. The van der Waals surface area contributed by atoms with Crippen LogP contribution in [0.4, 0.5) is 0 Å². The first-order valence-corrected chi connectivity index (χ1v) is 7.31. The number of carbonyl (C=O) groups is 1. The number of aromatic hydroxyl groups is 1. The molecule has 0 aliphatic heterocycles. The second-order valence-electron chi connectivity index (χ2n) is 5.40. The van der Waals surface area contributed by atoms with Gasteiger partial charge in [0.15, 0.2) is 0 Å². The topological polar surface area (TPSA) is 49.3 Å². The van der Waals surface area contributed by atoms with E-state index in [-0.39, 0.29) is 17.6 Å². The number of nitrogens with one attached hydrogen (secondary N) is 1. The Labute approximate surface area is 115 Å². The van der Waals surface area contributed by atoms with Gasteiger partial charge in [-0.05, 0) is 37.0 Å². The van der Waals surface area contributed by atoms with E-state index >= 15 is 0 Å². The van der Waals surface area contributed by atoms with Gasteiger partial charge in [-0.25, -0.2) is 0 Å². The van der Waals surface area contributed by atoms with Crippen LogP contribution in [0.5, 0.6) is 5.75 Å². The van der Waals surface area contributed by atoms with Gasteiger partial charge in [0.1, 0.15) is 5.75 Å². The average Bonchev–Trinajstić information content (AvgIpc) is 2.70. The summed E-state index contributed by atoms with van der Waals surface area (Å²) < 4.78 is 0. The van der Waals surface area contributed by atoms with E-state index in [0.717, 1.165) is 24.8 Å². The van der Waals surface area contributed by atoms with Crippen molar-refractivity contribution in [1.82, 2.24) is 5.32 Å². The van der Waals surface area contributed by atoms with Gasteiger partial charge in [0.05, 0.1) is 0 Å². The first kappa shape index (κ1) is 13.9. The summed E-state index contributed by atoms with van der Waals surface area (Å²) in [7, 11) is 0. The second kappa shape index (κ2) is 7.17. The highest BCUT2D eigenvalue weighted by Gasteiger charge is 2.19. The molecule has 1 aliphatic carbocycles. The highest BCUT2D eigenvalue weighted by atomic mass is 16.3. The van der Waals surface area contributed by atoms with Crippen molar-refractivity contribution in [2.24, 2.45) is 5.92 Å². The lowest BCUT2D eigenvalue weighted by Gasteiger charge is -2.14. The van der Waals surface area contributed by atoms with Crippen molar-refractivity contribution in [3.63, 3.8) is 0 Å².